The topological polar surface area (TPSA) is 29.5 Å². The lowest BCUT2D eigenvalue weighted by molar-refractivity contribution is 0.199. The van der Waals surface area contributed by atoms with E-state index >= 15 is 0 Å². The Bertz CT molecular complexity index is 600. The van der Waals surface area contributed by atoms with Crippen molar-refractivity contribution in [2.75, 3.05) is 0 Å². The van der Waals surface area contributed by atoms with E-state index in [1.54, 1.807) is 25.1 Å². The molecule has 2 aromatic carbocycles. The average molecular weight is 407 g/mol. The lowest BCUT2D eigenvalue weighted by atomic mass is 10.1. The lowest BCUT2D eigenvalue weighted by Gasteiger charge is -2.11. The van der Waals surface area contributed by atoms with E-state index in [1.165, 1.54) is 0 Å². The largest absolute Gasteiger partial charge is 0.455 e. The zero-order valence-corrected chi connectivity index (χ0v) is 14.0. The van der Waals surface area contributed by atoms with Crippen LogP contribution in [-0.2, 0) is 0 Å². The van der Waals surface area contributed by atoms with E-state index in [0.717, 1.165) is 14.5 Å². The molecule has 5 heteroatoms. The Balaban J connectivity index is 2.28. The molecule has 0 fully saturated rings. The summed E-state index contributed by atoms with van der Waals surface area (Å²) < 4.78 is 7.54. The van der Waals surface area contributed by atoms with Crippen molar-refractivity contribution in [2.24, 2.45) is 0 Å². The van der Waals surface area contributed by atoms with E-state index in [-0.39, 0.29) is 0 Å². The number of ether oxygens (including phenoxy) is 1. The summed E-state index contributed by atoms with van der Waals surface area (Å²) >= 11 is 13.0. The van der Waals surface area contributed by atoms with Crippen LogP contribution in [0.1, 0.15) is 18.6 Å². The van der Waals surface area contributed by atoms with Crippen LogP contribution in [0.2, 0.25) is 5.02 Å². The Hall–Kier alpha value is -0.550. The minimum Gasteiger partial charge on any atom is -0.455 e. The van der Waals surface area contributed by atoms with Crippen LogP contribution in [0.4, 0.5) is 0 Å². The van der Waals surface area contributed by atoms with Crippen LogP contribution in [0.15, 0.2) is 45.3 Å². The molecule has 19 heavy (non-hydrogen) atoms. The summed E-state index contributed by atoms with van der Waals surface area (Å²) in [6.07, 6.45) is -0.550. The second kappa shape index (κ2) is 6.27. The maximum absolute atomic E-state index is 9.49. The van der Waals surface area contributed by atoms with Gasteiger partial charge in [-0.15, -0.1) is 0 Å². The van der Waals surface area contributed by atoms with E-state index in [2.05, 4.69) is 31.9 Å². The normalized spacial score (nSPS) is 12.3. The van der Waals surface area contributed by atoms with Crippen molar-refractivity contribution in [2.45, 2.75) is 13.0 Å². The monoisotopic (exact) mass is 404 g/mol. The Morgan fingerprint density at radius 1 is 1.11 bits per heavy atom. The molecule has 0 amide bonds. The highest BCUT2D eigenvalue weighted by Crippen LogP contribution is 2.36. The van der Waals surface area contributed by atoms with Crippen LogP contribution in [0.3, 0.4) is 0 Å². The molecule has 1 N–H and O–H groups in total. The first-order valence-electron chi connectivity index (χ1n) is 5.58. The van der Waals surface area contributed by atoms with Gasteiger partial charge in [-0.2, -0.15) is 0 Å². The predicted molar refractivity (Wildman–Crippen MR) is 84.0 cm³/mol. The maximum Gasteiger partial charge on any atom is 0.146 e. The number of aliphatic hydroxyl groups is 1. The van der Waals surface area contributed by atoms with Gasteiger partial charge in [-0.25, -0.2) is 0 Å². The molecule has 0 heterocycles. The molecular formula is C14H11Br2ClO2. The second-order valence-electron chi connectivity index (χ2n) is 4.04. The molecule has 0 aromatic heterocycles. The Kier molecular flexibility index (Phi) is 4.90. The van der Waals surface area contributed by atoms with Gasteiger partial charge in [0.25, 0.3) is 0 Å². The fourth-order valence-corrected chi connectivity index (χ4v) is 2.89. The van der Waals surface area contributed by atoms with Crippen LogP contribution < -0.4 is 4.74 Å². The quantitative estimate of drug-likeness (QED) is 0.707. The third-order valence-electron chi connectivity index (χ3n) is 2.55. The number of rotatable bonds is 3. The summed E-state index contributed by atoms with van der Waals surface area (Å²) in [6, 6.07) is 10.9. The van der Waals surface area contributed by atoms with Crippen molar-refractivity contribution in [3.05, 3.63) is 55.9 Å². The van der Waals surface area contributed by atoms with Crippen LogP contribution in [0.5, 0.6) is 11.5 Å². The molecule has 1 atom stereocenters. The molecule has 0 bridgehead atoms. The fourth-order valence-electron chi connectivity index (χ4n) is 1.54. The van der Waals surface area contributed by atoms with Gasteiger partial charge in [-0.1, -0.05) is 33.6 Å². The van der Waals surface area contributed by atoms with Gasteiger partial charge in [0, 0.05) is 4.47 Å². The van der Waals surface area contributed by atoms with Gasteiger partial charge < -0.3 is 9.84 Å². The van der Waals surface area contributed by atoms with Crippen molar-refractivity contribution in [1.82, 2.24) is 0 Å². The predicted octanol–water partition coefficient (Wildman–Crippen LogP) is 5.71. The molecule has 0 unspecified atom stereocenters. The summed E-state index contributed by atoms with van der Waals surface area (Å²) in [5, 5.41) is 9.96. The number of benzene rings is 2. The highest BCUT2D eigenvalue weighted by atomic mass is 79.9. The lowest BCUT2D eigenvalue weighted by Crippen LogP contribution is -1.92. The average Bonchev–Trinajstić information content (AvgIpc) is 2.34. The third-order valence-corrected chi connectivity index (χ3v) is 3.96. The standard InChI is InChI=1S/C14H11Br2ClO2/c1-8(18)9-2-4-14(12(17)6-9)19-13-5-3-10(15)7-11(13)16/h2-8,18H,1H3/t8-/m1/s1. The second-order valence-corrected chi connectivity index (χ2v) is 6.22. The van der Waals surface area contributed by atoms with Crippen molar-refractivity contribution in [1.29, 1.82) is 0 Å². The van der Waals surface area contributed by atoms with Gasteiger partial charge in [0.1, 0.15) is 11.5 Å². The van der Waals surface area contributed by atoms with E-state index < -0.39 is 6.10 Å². The summed E-state index contributed by atoms with van der Waals surface area (Å²) in [6.45, 7) is 1.69. The Morgan fingerprint density at radius 3 is 2.37 bits per heavy atom. The first kappa shape index (κ1) is 14.9. The summed E-state index contributed by atoms with van der Waals surface area (Å²) in [5.41, 5.74) is 0.757. The minimum atomic E-state index is -0.550. The Morgan fingerprint density at radius 2 is 1.79 bits per heavy atom. The van der Waals surface area contributed by atoms with E-state index in [4.69, 9.17) is 16.3 Å². The smallest absolute Gasteiger partial charge is 0.146 e. The molecule has 100 valence electrons. The summed E-state index contributed by atoms with van der Waals surface area (Å²) in [7, 11) is 0. The number of aliphatic hydroxyl groups excluding tert-OH is 1. The SMILES string of the molecule is C[C@@H](O)c1ccc(Oc2ccc(Br)cc2Br)c(Cl)c1. The third kappa shape index (κ3) is 3.72. The van der Waals surface area contributed by atoms with Crippen LogP contribution in [0.25, 0.3) is 0 Å². The zero-order chi connectivity index (χ0) is 14.0. The molecule has 2 nitrogen and oxygen atoms in total. The van der Waals surface area contributed by atoms with Crippen LogP contribution in [-0.4, -0.2) is 5.11 Å². The molecule has 0 radical (unpaired) electrons. The van der Waals surface area contributed by atoms with E-state index in [9.17, 15) is 5.11 Å². The molecule has 2 rings (SSSR count). The van der Waals surface area contributed by atoms with Crippen molar-refractivity contribution >= 4 is 43.5 Å². The number of hydrogen-bond donors (Lipinski definition) is 1. The van der Waals surface area contributed by atoms with Gasteiger partial charge >= 0.3 is 0 Å². The molecule has 0 saturated heterocycles. The van der Waals surface area contributed by atoms with Crippen molar-refractivity contribution in [3.8, 4) is 11.5 Å². The molecule has 0 aliphatic heterocycles. The minimum absolute atomic E-state index is 0.466. The van der Waals surface area contributed by atoms with Gasteiger partial charge in [-0.05, 0) is 58.7 Å². The van der Waals surface area contributed by atoms with Gasteiger partial charge in [0.15, 0.2) is 0 Å². The summed E-state index contributed by atoms with van der Waals surface area (Å²) in [4.78, 5) is 0. The fraction of sp³-hybridized carbons (Fsp3) is 0.143. The first-order chi connectivity index (χ1) is 8.97. The molecule has 0 spiro atoms. The van der Waals surface area contributed by atoms with Gasteiger partial charge in [0.2, 0.25) is 0 Å². The van der Waals surface area contributed by atoms with Gasteiger partial charge in [0.05, 0.1) is 15.6 Å². The molecule has 0 aliphatic carbocycles. The zero-order valence-electron chi connectivity index (χ0n) is 10.0. The molecule has 0 saturated carbocycles. The van der Waals surface area contributed by atoms with Crippen molar-refractivity contribution in [3.63, 3.8) is 0 Å². The highest BCUT2D eigenvalue weighted by Gasteiger charge is 2.09. The molecule has 2 aromatic rings. The summed E-state index contributed by atoms with van der Waals surface area (Å²) in [5.74, 6) is 1.23. The molecular weight excluding hydrogens is 395 g/mol. The van der Waals surface area contributed by atoms with E-state index in [1.807, 2.05) is 18.2 Å². The molecule has 0 aliphatic rings. The highest BCUT2D eigenvalue weighted by molar-refractivity contribution is 9.11. The van der Waals surface area contributed by atoms with Gasteiger partial charge in [-0.3, -0.25) is 0 Å². The van der Waals surface area contributed by atoms with Crippen LogP contribution >= 0.6 is 43.5 Å². The number of hydrogen-bond acceptors (Lipinski definition) is 2. The van der Waals surface area contributed by atoms with E-state index in [0.29, 0.717) is 16.5 Å². The maximum atomic E-state index is 9.49. The van der Waals surface area contributed by atoms with Crippen molar-refractivity contribution < 1.29 is 9.84 Å². The van der Waals surface area contributed by atoms with Crippen LogP contribution in [0, 0.1) is 0 Å². The number of halogens is 3. The Labute approximate surface area is 133 Å². The first-order valence-corrected chi connectivity index (χ1v) is 7.54.